The van der Waals surface area contributed by atoms with Gasteiger partial charge in [-0.1, -0.05) is 23.8 Å². The predicted octanol–water partition coefficient (Wildman–Crippen LogP) is 3.83. The molecule has 0 aliphatic carbocycles. The Kier molecular flexibility index (Phi) is 7.86. The maximum atomic E-state index is 12.4. The number of sulfone groups is 1. The number of ether oxygens (including phenoxy) is 2. The number of aryl methyl sites for hydroxylation is 1. The molecule has 6 heteroatoms. The van der Waals surface area contributed by atoms with Crippen molar-refractivity contribution in [2.75, 3.05) is 14.2 Å². The molecular weight excluding hydrogens is 403 g/mol. The van der Waals surface area contributed by atoms with Crippen molar-refractivity contribution in [1.82, 2.24) is 0 Å². The molecule has 0 amide bonds. The Morgan fingerprint density at radius 3 is 2.33 bits per heavy atom. The Morgan fingerprint density at radius 2 is 1.81 bits per heavy atom. The fraction of sp³-hybridized carbons (Fsp3) is 0.467. The van der Waals surface area contributed by atoms with Crippen LogP contribution in [0.15, 0.2) is 38.1 Å². The van der Waals surface area contributed by atoms with Gasteiger partial charge in [-0.25, -0.2) is 8.42 Å². The van der Waals surface area contributed by atoms with E-state index >= 15 is 0 Å². The number of hydrogen-bond acceptors (Lipinski definition) is 4. The van der Waals surface area contributed by atoms with Crippen LogP contribution in [0.25, 0.3) is 0 Å². The molecule has 1 rings (SSSR count). The molecule has 0 aromatic heterocycles. The average molecular weight is 424 g/mol. The van der Waals surface area contributed by atoms with E-state index in [0.717, 1.165) is 18.4 Å². The minimum atomic E-state index is -3.38. The largest absolute Gasteiger partial charge is 0.356 e. The minimum absolute atomic E-state index is 0.232. The van der Waals surface area contributed by atoms with Crippen molar-refractivity contribution in [3.63, 3.8) is 0 Å². The van der Waals surface area contributed by atoms with Gasteiger partial charge in [0.2, 0.25) is 9.84 Å². The van der Waals surface area contributed by atoms with Crippen molar-refractivity contribution in [2.24, 2.45) is 0 Å². The van der Waals surface area contributed by atoms with Gasteiger partial charge in [-0.2, -0.15) is 0 Å². The Bertz CT molecular complexity index is 560. The summed E-state index contributed by atoms with van der Waals surface area (Å²) in [5, 5.41) is 0. The summed E-state index contributed by atoms with van der Waals surface area (Å²) < 4.78 is 35.3. The number of halogens is 1. The van der Waals surface area contributed by atoms with Gasteiger partial charge in [0.05, 0.1) is 4.90 Å². The molecule has 0 aliphatic heterocycles. The van der Waals surface area contributed by atoms with E-state index in [1.807, 2.05) is 29.5 Å². The van der Waals surface area contributed by atoms with Crippen LogP contribution in [0.3, 0.4) is 0 Å². The van der Waals surface area contributed by atoms with Gasteiger partial charge >= 0.3 is 0 Å². The monoisotopic (exact) mass is 424 g/mol. The van der Waals surface area contributed by atoms with Crippen LogP contribution in [0.5, 0.6) is 0 Å². The minimum Gasteiger partial charge on any atom is -0.356 e. The zero-order valence-corrected chi connectivity index (χ0v) is 15.5. The fourth-order valence-corrected chi connectivity index (χ4v) is 3.90. The lowest BCUT2D eigenvalue weighted by Crippen LogP contribution is -2.12. The second-order valence-corrected chi connectivity index (χ2v) is 8.47. The van der Waals surface area contributed by atoms with Crippen molar-refractivity contribution < 1.29 is 17.9 Å². The lowest BCUT2D eigenvalue weighted by Gasteiger charge is -2.11. The lowest BCUT2D eigenvalue weighted by atomic mass is 10.2. The van der Waals surface area contributed by atoms with E-state index in [-0.39, 0.29) is 6.29 Å². The van der Waals surface area contributed by atoms with Gasteiger partial charge in [-0.3, -0.25) is 0 Å². The van der Waals surface area contributed by atoms with E-state index < -0.39 is 9.84 Å². The van der Waals surface area contributed by atoms with E-state index in [2.05, 4.69) is 0 Å². The van der Waals surface area contributed by atoms with E-state index in [9.17, 15) is 8.42 Å². The van der Waals surface area contributed by atoms with E-state index in [0.29, 0.717) is 14.2 Å². The standard InChI is InChI=1S/C15H21IO4S/c1-12-8-10-13(11-9-12)21(17,18)14(16)6-4-5-7-15(19-2)20-3/h6,8-11,15H,4-5,7H2,1-3H3/b14-6+. The van der Waals surface area contributed by atoms with E-state index in [1.165, 1.54) is 0 Å². The molecule has 0 spiro atoms. The summed E-state index contributed by atoms with van der Waals surface area (Å²) in [6, 6.07) is 6.89. The van der Waals surface area contributed by atoms with Crippen molar-refractivity contribution in [3.05, 3.63) is 38.8 Å². The number of allylic oxidation sites excluding steroid dienone is 1. The molecule has 0 aliphatic rings. The highest BCUT2D eigenvalue weighted by Gasteiger charge is 2.17. The molecule has 0 saturated carbocycles. The SMILES string of the molecule is COC(CCC/C=C(\I)S(=O)(=O)c1ccc(C)cc1)OC. The second kappa shape index (κ2) is 8.87. The van der Waals surface area contributed by atoms with Crippen LogP contribution in [0.1, 0.15) is 24.8 Å². The second-order valence-electron chi connectivity index (χ2n) is 4.66. The lowest BCUT2D eigenvalue weighted by molar-refractivity contribution is -0.106. The maximum absolute atomic E-state index is 12.4. The van der Waals surface area contributed by atoms with Gasteiger partial charge < -0.3 is 9.47 Å². The normalized spacial score (nSPS) is 12.9. The molecule has 0 atom stereocenters. The van der Waals surface area contributed by atoms with Crippen LogP contribution in [-0.2, 0) is 19.3 Å². The topological polar surface area (TPSA) is 52.6 Å². The van der Waals surface area contributed by atoms with Crippen molar-refractivity contribution in [3.8, 4) is 0 Å². The van der Waals surface area contributed by atoms with Gasteiger partial charge in [-0.15, -0.1) is 0 Å². The third kappa shape index (κ3) is 5.69. The van der Waals surface area contributed by atoms with E-state index in [4.69, 9.17) is 9.47 Å². The van der Waals surface area contributed by atoms with Crippen molar-refractivity contribution >= 4 is 32.4 Å². The molecular formula is C15H21IO4S. The van der Waals surface area contributed by atoms with Gasteiger partial charge in [0, 0.05) is 14.2 Å². The average Bonchev–Trinajstić information content (AvgIpc) is 2.47. The van der Waals surface area contributed by atoms with Crippen LogP contribution >= 0.6 is 22.6 Å². The molecule has 21 heavy (non-hydrogen) atoms. The molecule has 1 aromatic carbocycles. The summed E-state index contributed by atoms with van der Waals surface area (Å²) in [5.41, 5.74) is 1.04. The summed E-state index contributed by atoms with van der Waals surface area (Å²) in [7, 11) is -0.197. The summed E-state index contributed by atoms with van der Waals surface area (Å²) in [6.07, 6.45) is 3.73. The number of hydrogen-bond donors (Lipinski definition) is 0. The zero-order chi connectivity index (χ0) is 15.9. The summed E-state index contributed by atoms with van der Waals surface area (Å²) >= 11 is 1.88. The number of methoxy groups -OCH3 is 2. The fourth-order valence-electron chi connectivity index (χ4n) is 1.77. The van der Waals surface area contributed by atoms with Crippen LogP contribution in [0.4, 0.5) is 0 Å². The first kappa shape index (κ1) is 18.6. The molecule has 0 unspecified atom stereocenters. The first-order valence-electron chi connectivity index (χ1n) is 6.65. The summed E-state index contributed by atoms with van der Waals surface area (Å²) in [6.45, 7) is 1.93. The molecule has 0 fully saturated rings. The first-order valence-corrected chi connectivity index (χ1v) is 9.21. The smallest absolute Gasteiger partial charge is 0.212 e. The summed E-state index contributed by atoms with van der Waals surface area (Å²) in [5.74, 6) is 0. The number of benzene rings is 1. The first-order chi connectivity index (χ1) is 9.91. The molecule has 0 N–H and O–H groups in total. The molecule has 0 saturated heterocycles. The molecule has 0 radical (unpaired) electrons. The summed E-state index contributed by atoms with van der Waals surface area (Å²) in [4.78, 5) is 0.334. The van der Waals surface area contributed by atoms with Crippen LogP contribution in [0.2, 0.25) is 0 Å². The Morgan fingerprint density at radius 1 is 1.24 bits per heavy atom. The Hall–Kier alpha value is -0.440. The highest BCUT2D eigenvalue weighted by molar-refractivity contribution is 14.1. The zero-order valence-electron chi connectivity index (χ0n) is 12.5. The maximum Gasteiger partial charge on any atom is 0.212 e. The molecule has 0 heterocycles. The molecule has 1 aromatic rings. The Labute approximate surface area is 140 Å². The van der Waals surface area contributed by atoms with Crippen LogP contribution in [-0.4, -0.2) is 28.9 Å². The van der Waals surface area contributed by atoms with Gasteiger partial charge in [0.15, 0.2) is 6.29 Å². The van der Waals surface area contributed by atoms with Gasteiger partial charge in [-0.05, 0) is 60.9 Å². The predicted molar refractivity (Wildman–Crippen MR) is 92.1 cm³/mol. The third-order valence-electron chi connectivity index (χ3n) is 3.06. The van der Waals surface area contributed by atoms with Crippen LogP contribution in [0, 0.1) is 6.92 Å². The van der Waals surface area contributed by atoms with Crippen LogP contribution < -0.4 is 0 Å². The van der Waals surface area contributed by atoms with Crippen molar-refractivity contribution in [1.29, 1.82) is 0 Å². The number of rotatable bonds is 8. The highest BCUT2D eigenvalue weighted by Crippen LogP contribution is 2.25. The van der Waals surface area contributed by atoms with Crippen molar-refractivity contribution in [2.45, 2.75) is 37.4 Å². The van der Waals surface area contributed by atoms with E-state index in [1.54, 1.807) is 44.6 Å². The molecule has 118 valence electrons. The third-order valence-corrected chi connectivity index (χ3v) is 6.82. The molecule has 0 bridgehead atoms. The quantitative estimate of drug-likeness (QED) is 0.362. The Balaban J connectivity index is 2.66. The molecule has 4 nitrogen and oxygen atoms in total. The van der Waals surface area contributed by atoms with Gasteiger partial charge in [0.1, 0.15) is 2.91 Å². The number of unbranched alkanes of at least 4 members (excludes halogenated alkanes) is 1. The van der Waals surface area contributed by atoms with Gasteiger partial charge in [0.25, 0.3) is 0 Å². The highest BCUT2D eigenvalue weighted by atomic mass is 127.